The van der Waals surface area contributed by atoms with E-state index in [1.807, 2.05) is 24.8 Å². The van der Waals surface area contributed by atoms with Crippen molar-refractivity contribution in [1.82, 2.24) is 14.9 Å². The van der Waals surface area contributed by atoms with Crippen molar-refractivity contribution in [3.63, 3.8) is 0 Å². The third-order valence-electron chi connectivity index (χ3n) is 3.10. The Kier molecular flexibility index (Phi) is 4.84. The molecule has 2 aromatic heterocycles. The monoisotopic (exact) mass is 274 g/mol. The van der Waals surface area contributed by atoms with Crippen LogP contribution in [0, 0.1) is 0 Å². The third-order valence-corrected chi connectivity index (χ3v) is 3.10. The van der Waals surface area contributed by atoms with Crippen molar-refractivity contribution in [1.29, 1.82) is 0 Å². The fourth-order valence-electron chi connectivity index (χ4n) is 1.88. The second-order valence-corrected chi connectivity index (χ2v) is 4.43. The van der Waals surface area contributed by atoms with Crippen LogP contribution in [0.5, 0.6) is 0 Å². The second kappa shape index (κ2) is 6.81. The molecule has 0 radical (unpaired) electrons. The molecular weight excluding hydrogens is 256 g/mol. The summed E-state index contributed by atoms with van der Waals surface area (Å²) < 4.78 is 5.05. The van der Waals surface area contributed by atoms with Crippen LogP contribution in [0.25, 0.3) is 0 Å². The molecule has 1 N–H and O–H groups in total. The summed E-state index contributed by atoms with van der Waals surface area (Å²) in [5, 5.41) is 2.71. The summed E-state index contributed by atoms with van der Waals surface area (Å²) in [5.41, 5.74) is 1.04. The summed E-state index contributed by atoms with van der Waals surface area (Å²) in [6.07, 6.45) is 6.51. The molecule has 0 aliphatic rings. The number of aromatic nitrogens is 2. The number of hydrogen-bond acceptors (Lipinski definition) is 5. The van der Waals surface area contributed by atoms with E-state index in [2.05, 4.69) is 15.3 Å². The van der Waals surface area contributed by atoms with E-state index < -0.39 is 0 Å². The van der Waals surface area contributed by atoms with Gasteiger partial charge in [-0.15, -0.1) is 0 Å². The number of anilines is 1. The number of nitrogens with one attached hydrogen (secondary N) is 1. The minimum atomic E-state index is -0.279. The lowest BCUT2D eigenvalue weighted by Crippen LogP contribution is -2.41. The molecule has 0 aliphatic heterocycles. The fraction of sp³-hybridized carbons (Fsp3) is 0.357. The number of nitrogens with zero attached hydrogens (tertiary/aromatic N) is 3. The van der Waals surface area contributed by atoms with Gasteiger partial charge in [-0.1, -0.05) is 6.92 Å². The molecule has 1 amide bonds. The van der Waals surface area contributed by atoms with Gasteiger partial charge in [0.25, 0.3) is 0 Å². The Hall–Kier alpha value is -2.21. The zero-order chi connectivity index (χ0) is 14.4. The highest BCUT2D eigenvalue weighted by Crippen LogP contribution is 2.10. The summed E-state index contributed by atoms with van der Waals surface area (Å²) in [5.74, 6) is 0.199. The smallest absolute Gasteiger partial charge is 0.243 e. The van der Waals surface area contributed by atoms with Crippen LogP contribution in [0.4, 0.5) is 5.95 Å². The van der Waals surface area contributed by atoms with Crippen LogP contribution in [-0.2, 0) is 11.3 Å². The van der Waals surface area contributed by atoms with Crippen molar-refractivity contribution in [2.45, 2.75) is 26.4 Å². The van der Waals surface area contributed by atoms with Gasteiger partial charge < -0.3 is 4.42 Å². The standard InChI is InChI=1S/C14H18N4O2/c1-3-18(9-12-5-8-20-10-12)11(2)13(19)17-14-15-6-4-7-16-14/h4-8,10-11H,3,9H2,1-2H3,(H,15,16,17,19). The molecule has 1 unspecified atom stereocenters. The van der Waals surface area contributed by atoms with E-state index in [-0.39, 0.29) is 11.9 Å². The Morgan fingerprint density at radius 3 is 2.80 bits per heavy atom. The molecule has 0 bridgehead atoms. The third kappa shape index (κ3) is 3.64. The predicted octanol–water partition coefficient (Wildman–Crippen LogP) is 1.92. The molecule has 1 atom stereocenters. The summed E-state index contributed by atoms with van der Waals surface area (Å²) in [6.45, 7) is 5.30. The lowest BCUT2D eigenvalue weighted by molar-refractivity contribution is -0.120. The van der Waals surface area contributed by atoms with Crippen molar-refractivity contribution in [3.05, 3.63) is 42.6 Å². The largest absolute Gasteiger partial charge is 0.472 e. The molecule has 2 heterocycles. The zero-order valence-electron chi connectivity index (χ0n) is 11.6. The Morgan fingerprint density at radius 2 is 2.20 bits per heavy atom. The molecule has 0 aromatic carbocycles. The van der Waals surface area contributed by atoms with E-state index in [0.29, 0.717) is 12.5 Å². The van der Waals surface area contributed by atoms with Gasteiger partial charge in [0.05, 0.1) is 18.6 Å². The molecular formula is C14H18N4O2. The first-order chi connectivity index (χ1) is 9.70. The number of amides is 1. The van der Waals surface area contributed by atoms with Gasteiger partial charge in [0, 0.05) is 24.5 Å². The first-order valence-corrected chi connectivity index (χ1v) is 6.53. The summed E-state index contributed by atoms with van der Waals surface area (Å²) in [6, 6.07) is 3.32. The molecule has 6 nitrogen and oxygen atoms in total. The topological polar surface area (TPSA) is 71.3 Å². The normalized spacial score (nSPS) is 12.3. The van der Waals surface area contributed by atoms with Gasteiger partial charge in [-0.05, 0) is 25.6 Å². The highest BCUT2D eigenvalue weighted by molar-refractivity contribution is 5.93. The summed E-state index contributed by atoms with van der Waals surface area (Å²) in [7, 11) is 0. The van der Waals surface area contributed by atoms with Crippen LogP contribution < -0.4 is 5.32 Å². The fourth-order valence-corrected chi connectivity index (χ4v) is 1.88. The molecule has 20 heavy (non-hydrogen) atoms. The van der Waals surface area contributed by atoms with Crippen LogP contribution in [0.2, 0.25) is 0 Å². The van der Waals surface area contributed by atoms with Crippen molar-refractivity contribution in [3.8, 4) is 0 Å². The average molecular weight is 274 g/mol. The highest BCUT2D eigenvalue weighted by Gasteiger charge is 2.21. The minimum Gasteiger partial charge on any atom is -0.472 e. The van der Waals surface area contributed by atoms with Gasteiger partial charge >= 0.3 is 0 Å². The second-order valence-electron chi connectivity index (χ2n) is 4.43. The van der Waals surface area contributed by atoms with E-state index in [0.717, 1.165) is 12.1 Å². The maximum atomic E-state index is 12.2. The van der Waals surface area contributed by atoms with E-state index in [1.54, 1.807) is 31.0 Å². The van der Waals surface area contributed by atoms with Gasteiger partial charge in [0.15, 0.2) is 0 Å². The first kappa shape index (κ1) is 14.2. The Labute approximate surface area is 117 Å². The summed E-state index contributed by atoms with van der Waals surface area (Å²) in [4.78, 5) is 22.2. The van der Waals surface area contributed by atoms with Crippen LogP contribution >= 0.6 is 0 Å². The molecule has 106 valence electrons. The van der Waals surface area contributed by atoms with Crippen molar-refractivity contribution in [2.75, 3.05) is 11.9 Å². The molecule has 0 fully saturated rings. The molecule has 0 saturated heterocycles. The lowest BCUT2D eigenvalue weighted by atomic mass is 10.2. The quantitative estimate of drug-likeness (QED) is 0.871. The zero-order valence-corrected chi connectivity index (χ0v) is 11.6. The maximum absolute atomic E-state index is 12.2. The van der Waals surface area contributed by atoms with Crippen LogP contribution in [0.3, 0.4) is 0 Å². The lowest BCUT2D eigenvalue weighted by Gasteiger charge is -2.26. The van der Waals surface area contributed by atoms with Crippen LogP contribution in [0.15, 0.2) is 41.5 Å². The van der Waals surface area contributed by atoms with Crippen LogP contribution in [0.1, 0.15) is 19.4 Å². The Bertz CT molecular complexity index is 527. The minimum absolute atomic E-state index is 0.124. The summed E-state index contributed by atoms with van der Waals surface area (Å²) >= 11 is 0. The van der Waals surface area contributed by atoms with E-state index in [4.69, 9.17) is 4.42 Å². The van der Waals surface area contributed by atoms with Gasteiger partial charge in [0.1, 0.15) is 0 Å². The van der Waals surface area contributed by atoms with E-state index in [1.165, 1.54) is 0 Å². The van der Waals surface area contributed by atoms with Crippen molar-refractivity contribution in [2.24, 2.45) is 0 Å². The number of carbonyl (C=O) groups is 1. The maximum Gasteiger partial charge on any atom is 0.243 e. The molecule has 6 heteroatoms. The molecule has 0 aliphatic carbocycles. The van der Waals surface area contributed by atoms with Crippen molar-refractivity contribution < 1.29 is 9.21 Å². The molecule has 0 spiro atoms. The average Bonchev–Trinajstić information content (AvgIpc) is 2.98. The SMILES string of the molecule is CCN(Cc1ccoc1)C(C)C(=O)Nc1ncccn1. The number of furan rings is 1. The highest BCUT2D eigenvalue weighted by atomic mass is 16.3. The Balaban J connectivity index is 1.97. The number of likely N-dealkylation sites (N-methyl/N-ethyl adjacent to an activating group) is 1. The van der Waals surface area contributed by atoms with E-state index in [9.17, 15) is 4.79 Å². The van der Waals surface area contributed by atoms with Crippen LogP contribution in [-0.4, -0.2) is 33.4 Å². The van der Waals surface area contributed by atoms with Gasteiger partial charge in [-0.25, -0.2) is 9.97 Å². The first-order valence-electron chi connectivity index (χ1n) is 6.53. The number of carbonyl (C=O) groups excluding carboxylic acids is 1. The van der Waals surface area contributed by atoms with Crippen molar-refractivity contribution >= 4 is 11.9 Å². The number of hydrogen-bond donors (Lipinski definition) is 1. The molecule has 0 saturated carbocycles. The number of rotatable bonds is 6. The molecule has 2 rings (SSSR count). The Morgan fingerprint density at radius 1 is 1.45 bits per heavy atom. The van der Waals surface area contributed by atoms with Gasteiger partial charge in [-0.3, -0.25) is 15.0 Å². The van der Waals surface area contributed by atoms with Gasteiger partial charge in [-0.2, -0.15) is 0 Å². The predicted molar refractivity (Wildman–Crippen MR) is 74.9 cm³/mol. The van der Waals surface area contributed by atoms with Gasteiger partial charge in [0.2, 0.25) is 11.9 Å². The molecule has 2 aromatic rings. The van der Waals surface area contributed by atoms with E-state index >= 15 is 0 Å².